The summed E-state index contributed by atoms with van der Waals surface area (Å²) in [7, 11) is 0. The molecule has 2 rings (SSSR count). The summed E-state index contributed by atoms with van der Waals surface area (Å²) in [6, 6.07) is 4.55. The summed E-state index contributed by atoms with van der Waals surface area (Å²) in [5.74, 6) is 0.354. The highest BCUT2D eigenvalue weighted by Crippen LogP contribution is 2.42. The molecule has 0 heterocycles. The van der Waals surface area contributed by atoms with Crippen LogP contribution in [0.4, 0.5) is 4.39 Å². The van der Waals surface area contributed by atoms with Crippen LogP contribution in [0.2, 0.25) is 5.02 Å². The Morgan fingerprint density at radius 1 is 1.30 bits per heavy atom. The van der Waals surface area contributed by atoms with E-state index in [1.165, 1.54) is 6.07 Å². The Kier molecular flexibility index (Phi) is 4.46. The smallest absolute Gasteiger partial charge is 0.126 e. The maximum absolute atomic E-state index is 13.8. The lowest BCUT2D eigenvalue weighted by Crippen LogP contribution is -2.39. The fraction of sp³-hybridized carbons (Fsp3) is 0.647. The van der Waals surface area contributed by atoms with Crippen molar-refractivity contribution in [2.75, 3.05) is 0 Å². The quantitative estimate of drug-likeness (QED) is 0.815. The van der Waals surface area contributed by atoms with Crippen LogP contribution in [0.25, 0.3) is 0 Å². The summed E-state index contributed by atoms with van der Waals surface area (Å²) in [4.78, 5) is 0. The summed E-state index contributed by atoms with van der Waals surface area (Å²) in [5, 5.41) is 11.2. The average molecular weight is 299 g/mol. The van der Waals surface area contributed by atoms with Crippen LogP contribution in [0.15, 0.2) is 18.2 Å². The first-order valence-electron chi connectivity index (χ1n) is 7.36. The van der Waals surface area contributed by atoms with E-state index in [2.05, 4.69) is 20.8 Å². The third kappa shape index (κ3) is 3.73. The second-order valence-corrected chi connectivity index (χ2v) is 7.71. The molecule has 0 amide bonds. The largest absolute Gasteiger partial charge is 0.390 e. The van der Waals surface area contributed by atoms with Crippen molar-refractivity contribution in [1.29, 1.82) is 0 Å². The molecule has 0 bridgehead atoms. The molecule has 0 aromatic heterocycles. The van der Waals surface area contributed by atoms with Gasteiger partial charge in [-0.1, -0.05) is 32.4 Å². The predicted octanol–water partition coefficient (Wildman–Crippen LogP) is 4.99. The van der Waals surface area contributed by atoms with Crippen LogP contribution in [0.5, 0.6) is 0 Å². The molecule has 1 aliphatic rings. The molecule has 0 aliphatic heterocycles. The highest BCUT2D eigenvalue weighted by atomic mass is 35.5. The molecule has 1 aromatic carbocycles. The minimum absolute atomic E-state index is 0.277. The maximum Gasteiger partial charge on any atom is 0.126 e. The number of hydrogen-bond acceptors (Lipinski definition) is 1. The Morgan fingerprint density at radius 3 is 2.45 bits per heavy atom. The molecule has 1 aliphatic carbocycles. The van der Waals surface area contributed by atoms with Crippen molar-refractivity contribution >= 4 is 11.6 Å². The number of benzene rings is 1. The molecule has 1 aromatic rings. The van der Waals surface area contributed by atoms with E-state index in [9.17, 15) is 9.50 Å². The second kappa shape index (κ2) is 5.65. The SMILES string of the molecule is CC(C)(C)C1CCC(O)(Cc2cc(Cl)ccc2F)CC1. The van der Waals surface area contributed by atoms with Crippen molar-refractivity contribution < 1.29 is 9.50 Å². The number of rotatable bonds is 2. The zero-order valence-electron chi connectivity index (χ0n) is 12.5. The molecule has 112 valence electrons. The van der Waals surface area contributed by atoms with E-state index in [4.69, 9.17) is 11.6 Å². The molecule has 1 nitrogen and oxygen atoms in total. The van der Waals surface area contributed by atoms with Crippen LogP contribution in [-0.2, 0) is 6.42 Å². The van der Waals surface area contributed by atoms with Gasteiger partial charge in [0.05, 0.1) is 5.60 Å². The first-order valence-corrected chi connectivity index (χ1v) is 7.74. The van der Waals surface area contributed by atoms with Crippen molar-refractivity contribution in [3.05, 3.63) is 34.6 Å². The molecular formula is C17H24ClFO. The van der Waals surface area contributed by atoms with E-state index in [1.54, 1.807) is 12.1 Å². The van der Waals surface area contributed by atoms with Crippen molar-refractivity contribution in [2.24, 2.45) is 11.3 Å². The van der Waals surface area contributed by atoms with Crippen LogP contribution >= 0.6 is 11.6 Å². The molecule has 0 saturated heterocycles. The molecule has 1 saturated carbocycles. The number of halogens is 2. The van der Waals surface area contributed by atoms with Crippen molar-refractivity contribution in [3.63, 3.8) is 0 Å². The Morgan fingerprint density at radius 2 is 1.90 bits per heavy atom. The normalized spacial score (nSPS) is 27.6. The molecule has 0 unspecified atom stereocenters. The Hall–Kier alpha value is -0.600. The topological polar surface area (TPSA) is 20.2 Å². The van der Waals surface area contributed by atoms with Crippen LogP contribution in [0, 0.1) is 17.2 Å². The van der Waals surface area contributed by atoms with E-state index in [0.29, 0.717) is 22.9 Å². The lowest BCUT2D eigenvalue weighted by atomic mass is 9.67. The van der Waals surface area contributed by atoms with E-state index >= 15 is 0 Å². The van der Waals surface area contributed by atoms with Gasteiger partial charge >= 0.3 is 0 Å². The van der Waals surface area contributed by atoms with Gasteiger partial charge in [-0.15, -0.1) is 0 Å². The first-order chi connectivity index (χ1) is 9.20. The maximum atomic E-state index is 13.8. The zero-order chi connectivity index (χ0) is 15.0. The summed E-state index contributed by atoms with van der Waals surface area (Å²) in [6.07, 6.45) is 3.84. The number of aliphatic hydroxyl groups is 1. The van der Waals surface area contributed by atoms with Gasteiger partial charge in [0.25, 0.3) is 0 Å². The minimum atomic E-state index is -0.784. The van der Waals surface area contributed by atoms with Gasteiger partial charge in [-0.25, -0.2) is 4.39 Å². The fourth-order valence-corrected chi connectivity index (χ4v) is 3.43. The monoisotopic (exact) mass is 298 g/mol. The second-order valence-electron chi connectivity index (χ2n) is 7.28. The zero-order valence-corrected chi connectivity index (χ0v) is 13.3. The Labute approximate surface area is 126 Å². The van der Waals surface area contributed by atoms with E-state index in [1.807, 2.05) is 0 Å². The molecule has 20 heavy (non-hydrogen) atoms. The lowest BCUT2D eigenvalue weighted by Gasteiger charge is -2.41. The third-order valence-electron chi connectivity index (χ3n) is 4.67. The molecule has 1 N–H and O–H groups in total. The van der Waals surface area contributed by atoms with E-state index < -0.39 is 5.60 Å². The minimum Gasteiger partial charge on any atom is -0.390 e. The van der Waals surface area contributed by atoms with E-state index in [0.717, 1.165) is 25.7 Å². The summed E-state index contributed by atoms with van der Waals surface area (Å²) in [5.41, 5.74) is 0.0184. The van der Waals surface area contributed by atoms with Crippen LogP contribution < -0.4 is 0 Å². The van der Waals surface area contributed by atoms with Crippen molar-refractivity contribution in [1.82, 2.24) is 0 Å². The van der Waals surface area contributed by atoms with Crippen LogP contribution in [-0.4, -0.2) is 10.7 Å². The number of hydrogen-bond donors (Lipinski definition) is 1. The summed E-state index contributed by atoms with van der Waals surface area (Å²) >= 11 is 5.91. The average Bonchev–Trinajstić information content (AvgIpc) is 2.33. The van der Waals surface area contributed by atoms with Gasteiger partial charge in [-0.05, 0) is 60.8 Å². The lowest BCUT2D eigenvalue weighted by molar-refractivity contribution is -0.0250. The van der Waals surface area contributed by atoms with Gasteiger partial charge in [0, 0.05) is 11.4 Å². The van der Waals surface area contributed by atoms with Gasteiger partial charge in [0.15, 0.2) is 0 Å². The van der Waals surface area contributed by atoms with Gasteiger partial charge < -0.3 is 5.11 Å². The molecule has 3 heteroatoms. The van der Waals surface area contributed by atoms with Gasteiger partial charge in [-0.2, -0.15) is 0 Å². The van der Waals surface area contributed by atoms with E-state index in [-0.39, 0.29) is 11.2 Å². The Bertz CT molecular complexity index is 470. The van der Waals surface area contributed by atoms with Crippen LogP contribution in [0.1, 0.15) is 52.0 Å². The molecule has 0 radical (unpaired) electrons. The highest BCUT2D eigenvalue weighted by molar-refractivity contribution is 6.30. The van der Waals surface area contributed by atoms with Gasteiger partial charge in [0.1, 0.15) is 5.82 Å². The third-order valence-corrected chi connectivity index (χ3v) is 4.90. The van der Waals surface area contributed by atoms with Crippen molar-refractivity contribution in [2.45, 2.75) is 58.5 Å². The molecular weight excluding hydrogens is 275 g/mol. The molecule has 1 fully saturated rings. The standard InChI is InChI=1S/C17H24ClFO/c1-16(2,3)13-6-8-17(20,9-7-13)11-12-10-14(18)4-5-15(12)19/h4-5,10,13,20H,6-9,11H2,1-3H3. The molecule has 0 atom stereocenters. The molecule has 0 spiro atoms. The van der Waals surface area contributed by atoms with Crippen molar-refractivity contribution in [3.8, 4) is 0 Å². The highest BCUT2D eigenvalue weighted by Gasteiger charge is 2.37. The van der Waals surface area contributed by atoms with Crippen LogP contribution in [0.3, 0.4) is 0 Å². The first kappa shape index (κ1) is 15.8. The van der Waals surface area contributed by atoms with Gasteiger partial charge in [0.2, 0.25) is 0 Å². The summed E-state index contributed by atoms with van der Waals surface area (Å²) in [6.45, 7) is 6.75. The predicted molar refractivity (Wildman–Crippen MR) is 81.5 cm³/mol. The summed E-state index contributed by atoms with van der Waals surface area (Å²) < 4.78 is 13.8. The Balaban J connectivity index is 2.05. The van der Waals surface area contributed by atoms with Gasteiger partial charge in [-0.3, -0.25) is 0 Å². The fourth-order valence-electron chi connectivity index (χ4n) is 3.23.